The molecule has 0 saturated carbocycles. The predicted molar refractivity (Wildman–Crippen MR) is 63.7 cm³/mol. The zero-order valence-electron chi connectivity index (χ0n) is 10.5. The molecule has 4 N–H and O–H groups in total. The topological polar surface area (TPSA) is 125 Å². The van der Waals surface area contributed by atoms with Crippen molar-refractivity contribution >= 4 is 0 Å². The normalized spacial score (nSPS) is 34.7. The number of hydrogen-bond donors (Lipinski definition) is 4. The lowest BCUT2D eigenvalue weighted by atomic mass is 9.99. The Hall–Kier alpha value is -1.48. The quantitative estimate of drug-likeness (QED) is 0.486. The molecule has 0 spiro atoms. The summed E-state index contributed by atoms with van der Waals surface area (Å²) in [5.41, 5.74) is -2.39. The van der Waals surface area contributed by atoms with E-state index in [2.05, 4.69) is 4.98 Å². The number of aryl methyl sites for hydroxylation is 1. The molecule has 0 aromatic carbocycles. The molecule has 1 aliphatic heterocycles. The number of nitrogens with one attached hydrogen (secondary N) is 1. The minimum Gasteiger partial charge on any atom is -0.393 e. The molecule has 2 heterocycles. The molecule has 2 rings (SSSR count). The van der Waals surface area contributed by atoms with Gasteiger partial charge in [0.2, 0.25) is 0 Å². The van der Waals surface area contributed by atoms with E-state index in [-0.39, 0.29) is 5.56 Å². The van der Waals surface area contributed by atoms with Gasteiger partial charge in [0.1, 0.15) is 17.8 Å². The van der Waals surface area contributed by atoms with Gasteiger partial charge in [-0.15, -0.1) is 0 Å². The van der Waals surface area contributed by atoms with Gasteiger partial charge >= 0.3 is 5.69 Å². The van der Waals surface area contributed by atoms with E-state index in [4.69, 9.17) is 4.74 Å². The second-order valence-corrected chi connectivity index (χ2v) is 4.89. The number of aliphatic hydroxyl groups excluding tert-OH is 3. The standard InChI is InChI=1S/C11H16N2O6/c1-5-3-13(10(18)12-8(5)17)9-6(15)7(16)11(2,4-14)19-9/h3,6-7,9,14-16H,4H2,1-2H3,(H,12,17,18)/t6-,7+,9-,11-/m1/s1. The monoisotopic (exact) mass is 272 g/mol. The summed E-state index contributed by atoms with van der Waals surface area (Å²) >= 11 is 0. The maximum absolute atomic E-state index is 11.7. The van der Waals surface area contributed by atoms with Crippen LogP contribution in [0.25, 0.3) is 0 Å². The molecule has 0 bridgehead atoms. The van der Waals surface area contributed by atoms with Gasteiger partial charge in [-0.3, -0.25) is 14.3 Å². The number of nitrogens with zero attached hydrogens (tertiary/aromatic N) is 1. The molecular formula is C11H16N2O6. The number of rotatable bonds is 2. The van der Waals surface area contributed by atoms with Gasteiger partial charge in [-0.05, 0) is 13.8 Å². The largest absolute Gasteiger partial charge is 0.393 e. The molecule has 8 heteroatoms. The average molecular weight is 272 g/mol. The van der Waals surface area contributed by atoms with E-state index in [9.17, 15) is 24.9 Å². The Bertz CT molecular complexity index is 594. The Morgan fingerprint density at radius 3 is 2.63 bits per heavy atom. The van der Waals surface area contributed by atoms with Crippen molar-refractivity contribution in [3.05, 3.63) is 32.6 Å². The lowest BCUT2D eigenvalue weighted by Crippen LogP contribution is -2.43. The van der Waals surface area contributed by atoms with Crippen molar-refractivity contribution in [2.75, 3.05) is 6.61 Å². The van der Waals surface area contributed by atoms with Gasteiger partial charge in [0.25, 0.3) is 5.56 Å². The first kappa shape index (κ1) is 13.9. The van der Waals surface area contributed by atoms with Crippen LogP contribution < -0.4 is 11.2 Å². The van der Waals surface area contributed by atoms with Crippen molar-refractivity contribution in [1.29, 1.82) is 0 Å². The highest BCUT2D eigenvalue weighted by molar-refractivity contribution is 5.04. The highest BCUT2D eigenvalue weighted by Crippen LogP contribution is 2.35. The van der Waals surface area contributed by atoms with Crippen LogP contribution in [0.4, 0.5) is 0 Å². The van der Waals surface area contributed by atoms with Gasteiger partial charge in [-0.25, -0.2) is 4.79 Å². The fourth-order valence-corrected chi connectivity index (χ4v) is 2.06. The maximum Gasteiger partial charge on any atom is 0.330 e. The smallest absolute Gasteiger partial charge is 0.330 e. The van der Waals surface area contributed by atoms with Gasteiger partial charge in [0.05, 0.1) is 6.61 Å². The van der Waals surface area contributed by atoms with E-state index in [1.807, 2.05) is 0 Å². The van der Waals surface area contributed by atoms with Crippen LogP contribution >= 0.6 is 0 Å². The van der Waals surface area contributed by atoms with Crippen molar-refractivity contribution in [2.45, 2.75) is 37.9 Å². The number of H-pyrrole nitrogens is 1. The molecule has 19 heavy (non-hydrogen) atoms. The first-order chi connectivity index (χ1) is 8.80. The Balaban J connectivity index is 2.47. The zero-order chi connectivity index (χ0) is 14.4. The molecule has 1 saturated heterocycles. The Morgan fingerprint density at radius 2 is 2.11 bits per heavy atom. The number of aliphatic hydroxyl groups is 3. The molecular weight excluding hydrogens is 256 g/mol. The molecule has 0 aliphatic carbocycles. The Labute approximate surface area is 107 Å². The van der Waals surface area contributed by atoms with Crippen LogP contribution in [0.2, 0.25) is 0 Å². The number of aromatic nitrogens is 2. The van der Waals surface area contributed by atoms with E-state index in [1.165, 1.54) is 20.0 Å². The SMILES string of the molecule is Cc1cn([C@@H]2O[C@](C)(CO)[C@@H](O)[C@H]2O)c(=O)[nH]c1=O. The van der Waals surface area contributed by atoms with Crippen LogP contribution in [0.1, 0.15) is 18.7 Å². The molecule has 0 radical (unpaired) electrons. The third-order valence-electron chi connectivity index (χ3n) is 3.37. The van der Waals surface area contributed by atoms with Gasteiger partial charge < -0.3 is 20.1 Å². The minimum absolute atomic E-state index is 0.266. The fraction of sp³-hybridized carbons (Fsp3) is 0.636. The predicted octanol–water partition coefficient (Wildman–Crippen LogP) is -2.15. The number of hydrogen-bond acceptors (Lipinski definition) is 6. The molecule has 4 atom stereocenters. The molecule has 106 valence electrons. The van der Waals surface area contributed by atoms with Gasteiger partial charge in [-0.2, -0.15) is 0 Å². The molecule has 0 amide bonds. The Kier molecular flexibility index (Phi) is 3.35. The summed E-state index contributed by atoms with van der Waals surface area (Å²) in [7, 11) is 0. The second-order valence-electron chi connectivity index (χ2n) is 4.89. The van der Waals surface area contributed by atoms with Crippen LogP contribution in [0.3, 0.4) is 0 Å². The van der Waals surface area contributed by atoms with E-state index in [0.29, 0.717) is 0 Å². The third-order valence-corrected chi connectivity index (χ3v) is 3.37. The molecule has 1 aromatic heterocycles. The summed E-state index contributed by atoms with van der Waals surface area (Å²) in [4.78, 5) is 25.1. The summed E-state index contributed by atoms with van der Waals surface area (Å²) < 4.78 is 6.37. The molecule has 8 nitrogen and oxygen atoms in total. The highest BCUT2D eigenvalue weighted by atomic mass is 16.6. The van der Waals surface area contributed by atoms with Crippen molar-refractivity contribution in [3.8, 4) is 0 Å². The van der Waals surface area contributed by atoms with Crippen molar-refractivity contribution in [3.63, 3.8) is 0 Å². The lowest BCUT2D eigenvalue weighted by Gasteiger charge is -2.24. The second kappa shape index (κ2) is 4.57. The van der Waals surface area contributed by atoms with Gasteiger partial charge in [-0.1, -0.05) is 0 Å². The van der Waals surface area contributed by atoms with Crippen molar-refractivity contribution < 1.29 is 20.1 Å². The molecule has 1 aromatic rings. The van der Waals surface area contributed by atoms with E-state index >= 15 is 0 Å². The van der Waals surface area contributed by atoms with E-state index < -0.39 is 41.9 Å². The van der Waals surface area contributed by atoms with E-state index in [1.54, 1.807) is 0 Å². The Morgan fingerprint density at radius 1 is 1.47 bits per heavy atom. The van der Waals surface area contributed by atoms with Crippen molar-refractivity contribution in [1.82, 2.24) is 9.55 Å². The van der Waals surface area contributed by atoms with Gasteiger partial charge in [0.15, 0.2) is 6.23 Å². The third kappa shape index (κ3) is 2.12. The van der Waals surface area contributed by atoms with E-state index in [0.717, 1.165) is 4.57 Å². The van der Waals surface area contributed by atoms with Crippen LogP contribution in [0, 0.1) is 6.92 Å². The maximum atomic E-state index is 11.7. The summed E-state index contributed by atoms with van der Waals surface area (Å²) in [6.45, 7) is 2.40. The summed E-state index contributed by atoms with van der Waals surface area (Å²) in [6.07, 6.45) is -2.66. The first-order valence-corrected chi connectivity index (χ1v) is 5.77. The minimum atomic E-state index is -1.39. The number of aromatic amines is 1. The molecule has 0 unspecified atom stereocenters. The molecule has 1 fully saturated rings. The fourth-order valence-electron chi connectivity index (χ4n) is 2.06. The summed E-state index contributed by atoms with van der Waals surface area (Å²) in [6, 6.07) is 0. The zero-order valence-corrected chi connectivity index (χ0v) is 10.5. The average Bonchev–Trinajstić information content (AvgIpc) is 2.59. The van der Waals surface area contributed by atoms with Crippen LogP contribution in [0.5, 0.6) is 0 Å². The summed E-state index contributed by atoms with van der Waals surface area (Å²) in [5, 5.41) is 29.0. The first-order valence-electron chi connectivity index (χ1n) is 5.77. The van der Waals surface area contributed by atoms with Crippen molar-refractivity contribution in [2.24, 2.45) is 0 Å². The van der Waals surface area contributed by atoms with Gasteiger partial charge in [0, 0.05) is 11.8 Å². The molecule has 1 aliphatic rings. The lowest BCUT2D eigenvalue weighted by molar-refractivity contribution is -0.118. The van der Waals surface area contributed by atoms with Crippen LogP contribution in [0.15, 0.2) is 15.8 Å². The van der Waals surface area contributed by atoms with Crippen LogP contribution in [-0.4, -0.2) is 49.3 Å². The van der Waals surface area contributed by atoms with Crippen LogP contribution in [-0.2, 0) is 4.74 Å². The highest BCUT2D eigenvalue weighted by Gasteiger charge is 2.51. The summed E-state index contributed by atoms with van der Waals surface area (Å²) in [5.74, 6) is 0. The number of ether oxygens (including phenoxy) is 1.